The van der Waals surface area contributed by atoms with Crippen molar-refractivity contribution in [3.63, 3.8) is 0 Å². The van der Waals surface area contributed by atoms with Crippen LogP contribution in [0.15, 0.2) is 19.2 Å². The van der Waals surface area contributed by atoms with E-state index in [1.807, 2.05) is 0 Å². The largest absolute Gasteiger partial charge is 0.507 e. The molecule has 0 atom stereocenters. The highest BCUT2D eigenvalue weighted by Gasteiger charge is 2.34. The Morgan fingerprint density at radius 2 is 0.947 bits per heavy atom. The standard InChI is InChI=1S/C28H26O10/c1-7(2)11-15-17(25(35)27(37)23(11)33)21(31)13(9(5)19(15)29)14-10(6)20(30)16-12(8(3)4)24(34)28(38)26(36)18(16)22(14)32/h7-8,29,31-33,35,37H,1-6H3. The number of aromatic hydroxyl groups is 6. The maximum atomic E-state index is 13.5. The van der Waals surface area contributed by atoms with Gasteiger partial charge in [-0.25, -0.2) is 0 Å². The van der Waals surface area contributed by atoms with Crippen LogP contribution >= 0.6 is 0 Å². The molecule has 0 saturated carbocycles. The number of hydrogen-bond acceptors (Lipinski definition) is 10. The molecular formula is C28H26O10. The summed E-state index contributed by atoms with van der Waals surface area (Å²) in [5, 5.41) is 64.7. The molecule has 2 aromatic carbocycles. The lowest BCUT2D eigenvalue weighted by molar-refractivity contribution is 0.366. The van der Waals surface area contributed by atoms with Crippen molar-refractivity contribution < 1.29 is 30.6 Å². The van der Waals surface area contributed by atoms with E-state index in [2.05, 4.69) is 0 Å². The summed E-state index contributed by atoms with van der Waals surface area (Å²) in [6, 6.07) is 0. The van der Waals surface area contributed by atoms with Crippen LogP contribution in [0.25, 0.3) is 33.0 Å². The first-order valence-corrected chi connectivity index (χ1v) is 11.8. The molecule has 6 N–H and O–H groups in total. The first-order valence-electron chi connectivity index (χ1n) is 11.8. The molecule has 198 valence electrons. The number of benzene rings is 4. The first kappa shape index (κ1) is 26.5. The van der Waals surface area contributed by atoms with Crippen LogP contribution in [-0.2, 0) is 0 Å². The fourth-order valence-electron chi connectivity index (χ4n) is 5.31. The lowest BCUT2D eigenvalue weighted by atomic mass is 9.82. The Morgan fingerprint density at radius 1 is 0.421 bits per heavy atom. The third-order valence-corrected chi connectivity index (χ3v) is 7.12. The van der Waals surface area contributed by atoms with Gasteiger partial charge in [-0.05, 0) is 25.7 Å². The summed E-state index contributed by atoms with van der Waals surface area (Å²) in [5.41, 5.74) is -7.16. The van der Waals surface area contributed by atoms with E-state index in [1.165, 1.54) is 13.8 Å². The Bertz CT molecular complexity index is 1870. The van der Waals surface area contributed by atoms with Crippen LogP contribution in [-0.4, -0.2) is 30.6 Å². The minimum atomic E-state index is -1.42. The number of phenols is 6. The molecule has 2 aromatic rings. The molecule has 0 radical (unpaired) electrons. The molecule has 4 rings (SSSR count). The van der Waals surface area contributed by atoms with Crippen LogP contribution in [0.3, 0.4) is 0 Å². The highest BCUT2D eigenvalue weighted by atomic mass is 16.3. The number of fused-ring (bicyclic) bond motifs is 2. The summed E-state index contributed by atoms with van der Waals surface area (Å²) in [7, 11) is 0. The maximum Gasteiger partial charge on any atom is 0.273 e. The van der Waals surface area contributed by atoms with Gasteiger partial charge in [0.15, 0.2) is 16.9 Å². The van der Waals surface area contributed by atoms with Crippen molar-refractivity contribution >= 4 is 10.8 Å². The molecule has 0 amide bonds. The predicted octanol–water partition coefficient (Wildman–Crippen LogP) is 3.03. The lowest BCUT2D eigenvalue weighted by Crippen LogP contribution is -2.43. The van der Waals surface area contributed by atoms with E-state index in [0.717, 1.165) is 0 Å². The molecule has 0 aliphatic heterocycles. The van der Waals surface area contributed by atoms with E-state index in [4.69, 9.17) is 0 Å². The maximum absolute atomic E-state index is 13.5. The van der Waals surface area contributed by atoms with Gasteiger partial charge in [-0.1, -0.05) is 27.7 Å². The second kappa shape index (κ2) is 8.47. The molecule has 0 fully saturated rings. The van der Waals surface area contributed by atoms with Crippen molar-refractivity contribution in [1.82, 2.24) is 0 Å². The summed E-state index contributed by atoms with van der Waals surface area (Å²) in [5.74, 6) is -5.97. The monoisotopic (exact) mass is 522 g/mol. The quantitative estimate of drug-likeness (QED) is 0.132. The second-order valence-electron chi connectivity index (χ2n) is 10.0. The van der Waals surface area contributed by atoms with Crippen molar-refractivity contribution in [1.29, 1.82) is 0 Å². The minimum absolute atomic E-state index is 0.0177. The second-order valence-corrected chi connectivity index (χ2v) is 10.0. The van der Waals surface area contributed by atoms with Gasteiger partial charge in [-0.2, -0.15) is 0 Å². The number of phenolic OH excluding ortho intramolecular Hbond substituents is 6. The van der Waals surface area contributed by atoms with Gasteiger partial charge < -0.3 is 30.6 Å². The lowest BCUT2D eigenvalue weighted by Gasteiger charge is -2.23. The summed E-state index contributed by atoms with van der Waals surface area (Å²) < 4.78 is 0. The molecule has 2 aliphatic carbocycles. The molecule has 0 spiro atoms. The normalized spacial score (nSPS) is 11.9. The van der Waals surface area contributed by atoms with Gasteiger partial charge in [0.1, 0.15) is 17.2 Å². The molecule has 0 aromatic heterocycles. The van der Waals surface area contributed by atoms with Crippen molar-refractivity contribution in [2.24, 2.45) is 0 Å². The van der Waals surface area contributed by atoms with Crippen LogP contribution in [0, 0.1) is 13.8 Å². The fourth-order valence-corrected chi connectivity index (χ4v) is 5.31. The molecule has 0 bridgehead atoms. The summed E-state index contributed by atoms with van der Waals surface area (Å²) >= 11 is 0. The van der Waals surface area contributed by atoms with Crippen LogP contribution in [0.1, 0.15) is 61.8 Å². The van der Waals surface area contributed by atoms with Gasteiger partial charge in [-0.15, -0.1) is 0 Å². The SMILES string of the molecule is Cc1c(-c2c(O)c3c(=O)c(=O)c(=O)c(C(C)C)c-3c(=O)c2C)c(O)c2c(O)c(O)c(O)c(C(C)C)c2c1O. The van der Waals surface area contributed by atoms with Crippen molar-refractivity contribution in [3.8, 4) is 56.8 Å². The number of hydrogen-bond donors (Lipinski definition) is 6. The van der Waals surface area contributed by atoms with Crippen molar-refractivity contribution in [3.05, 3.63) is 63.1 Å². The first-order chi connectivity index (χ1) is 17.6. The predicted molar refractivity (Wildman–Crippen MR) is 141 cm³/mol. The van der Waals surface area contributed by atoms with Crippen LogP contribution < -0.4 is 21.7 Å². The molecule has 2 aliphatic rings. The Kier molecular flexibility index (Phi) is 5.90. The van der Waals surface area contributed by atoms with Gasteiger partial charge in [-0.3, -0.25) is 19.2 Å². The third kappa shape index (κ3) is 3.19. The summed E-state index contributed by atoms with van der Waals surface area (Å²) in [6.45, 7) is 8.98. The van der Waals surface area contributed by atoms with Gasteiger partial charge in [0.05, 0.1) is 10.9 Å². The molecule has 0 unspecified atom stereocenters. The van der Waals surface area contributed by atoms with Crippen LogP contribution in [0.2, 0.25) is 0 Å². The van der Waals surface area contributed by atoms with Crippen LogP contribution in [0.4, 0.5) is 0 Å². The zero-order valence-electron chi connectivity index (χ0n) is 21.5. The Hall–Kier alpha value is -4.60. The molecule has 0 saturated heterocycles. The number of rotatable bonds is 3. The third-order valence-electron chi connectivity index (χ3n) is 7.12. The molecule has 38 heavy (non-hydrogen) atoms. The summed E-state index contributed by atoms with van der Waals surface area (Å²) in [4.78, 5) is 51.5. The zero-order valence-corrected chi connectivity index (χ0v) is 21.5. The topological polar surface area (TPSA) is 190 Å². The zero-order chi connectivity index (χ0) is 28.7. The van der Waals surface area contributed by atoms with Crippen molar-refractivity contribution in [2.45, 2.75) is 53.4 Å². The highest BCUT2D eigenvalue weighted by Crippen LogP contribution is 2.57. The summed E-state index contributed by atoms with van der Waals surface area (Å²) in [6.07, 6.45) is 0. The average Bonchev–Trinajstić information content (AvgIpc) is 2.84. The van der Waals surface area contributed by atoms with E-state index in [-0.39, 0.29) is 33.2 Å². The Balaban J connectivity index is 2.36. The fraction of sp³-hybridized carbons (Fsp3) is 0.286. The average molecular weight is 523 g/mol. The van der Waals surface area contributed by atoms with E-state index >= 15 is 0 Å². The highest BCUT2D eigenvalue weighted by molar-refractivity contribution is 6.09. The molecule has 10 nitrogen and oxygen atoms in total. The Morgan fingerprint density at radius 3 is 1.47 bits per heavy atom. The molecule has 10 heteroatoms. The van der Waals surface area contributed by atoms with Gasteiger partial charge in [0.25, 0.3) is 5.43 Å². The van der Waals surface area contributed by atoms with E-state index in [0.29, 0.717) is 0 Å². The smallest absolute Gasteiger partial charge is 0.273 e. The van der Waals surface area contributed by atoms with E-state index in [1.54, 1.807) is 27.7 Å². The van der Waals surface area contributed by atoms with E-state index < -0.39 is 90.1 Å². The molecular weight excluding hydrogens is 496 g/mol. The molecule has 0 heterocycles. The van der Waals surface area contributed by atoms with Crippen molar-refractivity contribution in [2.75, 3.05) is 0 Å². The van der Waals surface area contributed by atoms with E-state index in [9.17, 15) is 49.8 Å². The Labute approximate surface area is 215 Å². The minimum Gasteiger partial charge on any atom is -0.507 e. The van der Waals surface area contributed by atoms with Gasteiger partial charge in [0.2, 0.25) is 16.6 Å². The van der Waals surface area contributed by atoms with Gasteiger partial charge in [0, 0.05) is 44.3 Å². The van der Waals surface area contributed by atoms with Crippen LogP contribution in [0.5, 0.6) is 34.5 Å². The van der Waals surface area contributed by atoms with Gasteiger partial charge >= 0.3 is 0 Å².